The van der Waals surface area contributed by atoms with Crippen LogP contribution in [0.5, 0.6) is 5.75 Å². The van der Waals surface area contributed by atoms with Crippen molar-refractivity contribution >= 4 is 17.5 Å². The Bertz CT molecular complexity index is 526. The van der Waals surface area contributed by atoms with Gasteiger partial charge in [0.25, 0.3) is 5.91 Å². The highest BCUT2D eigenvalue weighted by Crippen LogP contribution is 2.32. The van der Waals surface area contributed by atoms with E-state index in [2.05, 4.69) is 5.32 Å². The first kappa shape index (κ1) is 15.4. The standard InChI is InChI=1S/C16H22N2O3/c1-4-11(5-2)15(19)17-10-14-16(20)18(3)12-8-6-7-9-13(12)21-14/h6-9,11,14H,4-5,10H2,1-3H3,(H,17,19). The van der Waals surface area contributed by atoms with Crippen LogP contribution < -0.4 is 15.0 Å². The number of benzene rings is 1. The highest BCUT2D eigenvalue weighted by atomic mass is 16.5. The van der Waals surface area contributed by atoms with Crippen molar-refractivity contribution < 1.29 is 14.3 Å². The number of fused-ring (bicyclic) bond motifs is 1. The second kappa shape index (κ2) is 6.61. The third kappa shape index (κ3) is 3.17. The first-order valence-electron chi connectivity index (χ1n) is 7.39. The van der Waals surface area contributed by atoms with Crippen molar-refractivity contribution in [2.24, 2.45) is 5.92 Å². The Balaban J connectivity index is 2.02. The van der Waals surface area contributed by atoms with Crippen LogP contribution in [0.3, 0.4) is 0 Å². The summed E-state index contributed by atoms with van der Waals surface area (Å²) in [5, 5.41) is 2.82. The largest absolute Gasteiger partial charge is 0.477 e. The second-order valence-corrected chi connectivity index (χ2v) is 5.23. The molecule has 0 radical (unpaired) electrons. The van der Waals surface area contributed by atoms with E-state index in [-0.39, 0.29) is 24.3 Å². The highest BCUT2D eigenvalue weighted by molar-refractivity contribution is 5.99. The number of carbonyl (C=O) groups is 2. The maximum atomic E-state index is 12.3. The zero-order chi connectivity index (χ0) is 15.4. The van der Waals surface area contributed by atoms with Gasteiger partial charge in [-0.15, -0.1) is 0 Å². The molecule has 1 aromatic carbocycles. The number of likely N-dealkylation sites (N-methyl/N-ethyl adjacent to an activating group) is 1. The molecule has 2 rings (SSSR count). The number of anilines is 1. The van der Waals surface area contributed by atoms with E-state index in [1.165, 1.54) is 0 Å². The zero-order valence-corrected chi connectivity index (χ0v) is 12.8. The summed E-state index contributed by atoms with van der Waals surface area (Å²) >= 11 is 0. The third-order valence-electron chi connectivity index (χ3n) is 3.92. The molecule has 1 aliphatic rings. The van der Waals surface area contributed by atoms with E-state index in [1.54, 1.807) is 11.9 Å². The predicted molar refractivity (Wildman–Crippen MR) is 81.3 cm³/mol. The SMILES string of the molecule is CCC(CC)C(=O)NCC1Oc2ccccc2N(C)C1=O. The smallest absolute Gasteiger partial charge is 0.269 e. The van der Waals surface area contributed by atoms with Gasteiger partial charge in [-0.3, -0.25) is 9.59 Å². The van der Waals surface area contributed by atoms with Gasteiger partial charge in [-0.2, -0.15) is 0 Å². The molecule has 0 fully saturated rings. The average molecular weight is 290 g/mol. The van der Waals surface area contributed by atoms with Crippen LogP contribution in [0.1, 0.15) is 26.7 Å². The Hall–Kier alpha value is -2.04. The van der Waals surface area contributed by atoms with Gasteiger partial charge in [0.1, 0.15) is 5.75 Å². The summed E-state index contributed by atoms with van der Waals surface area (Å²) in [6, 6.07) is 7.39. The lowest BCUT2D eigenvalue weighted by Crippen LogP contribution is -2.50. The fraction of sp³-hybridized carbons (Fsp3) is 0.500. The lowest BCUT2D eigenvalue weighted by atomic mass is 10.0. The number of para-hydroxylation sites is 2. The molecule has 1 atom stereocenters. The van der Waals surface area contributed by atoms with Crippen LogP contribution >= 0.6 is 0 Å². The van der Waals surface area contributed by atoms with E-state index in [4.69, 9.17) is 4.74 Å². The minimum atomic E-state index is -0.664. The van der Waals surface area contributed by atoms with Crippen molar-refractivity contribution in [3.63, 3.8) is 0 Å². The number of ether oxygens (including phenoxy) is 1. The van der Waals surface area contributed by atoms with E-state index >= 15 is 0 Å². The van der Waals surface area contributed by atoms with E-state index in [9.17, 15) is 9.59 Å². The molecule has 1 aromatic rings. The van der Waals surface area contributed by atoms with Crippen molar-refractivity contribution in [1.29, 1.82) is 0 Å². The van der Waals surface area contributed by atoms with E-state index in [0.29, 0.717) is 5.75 Å². The van der Waals surface area contributed by atoms with Gasteiger partial charge in [-0.1, -0.05) is 26.0 Å². The Morgan fingerprint density at radius 1 is 1.33 bits per heavy atom. The predicted octanol–water partition coefficient (Wildman–Crippen LogP) is 1.96. The molecular formula is C16H22N2O3. The summed E-state index contributed by atoms with van der Waals surface area (Å²) in [4.78, 5) is 25.8. The monoisotopic (exact) mass is 290 g/mol. The molecular weight excluding hydrogens is 268 g/mol. The van der Waals surface area contributed by atoms with Crippen LogP contribution in [0.25, 0.3) is 0 Å². The van der Waals surface area contributed by atoms with Crippen molar-refractivity contribution in [3.8, 4) is 5.75 Å². The Morgan fingerprint density at radius 2 is 2.00 bits per heavy atom. The van der Waals surface area contributed by atoms with Crippen LogP contribution in [0.4, 0.5) is 5.69 Å². The van der Waals surface area contributed by atoms with E-state index < -0.39 is 6.10 Å². The molecule has 1 N–H and O–H groups in total. The van der Waals surface area contributed by atoms with E-state index in [0.717, 1.165) is 18.5 Å². The first-order valence-corrected chi connectivity index (χ1v) is 7.39. The Labute approximate surface area is 125 Å². The summed E-state index contributed by atoms with van der Waals surface area (Å²) in [5.41, 5.74) is 0.755. The molecule has 1 aliphatic heterocycles. The summed E-state index contributed by atoms with van der Waals surface area (Å²) < 4.78 is 5.71. The quantitative estimate of drug-likeness (QED) is 0.902. The number of nitrogens with one attached hydrogen (secondary N) is 1. The number of nitrogens with zero attached hydrogens (tertiary/aromatic N) is 1. The van der Waals surface area contributed by atoms with Gasteiger partial charge in [0.05, 0.1) is 12.2 Å². The molecule has 21 heavy (non-hydrogen) atoms. The van der Waals surface area contributed by atoms with Crippen molar-refractivity contribution in [3.05, 3.63) is 24.3 Å². The van der Waals surface area contributed by atoms with Crippen molar-refractivity contribution in [1.82, 2.24) is 5.32 Å². The summed E-state index contributed by atoms with van der Waals surface area (Å²) in [5.74, 6) is 0.506. The summed E-state index contributed by atoms with van der Waals surface area (Å²) in [6.45, 7) is 4.17. The van der Waals surface area contributed by atoms with Gasteiger partial charge >= 0.3 is 0 Å². The molecule has 0 saturated carbocycles. The molecule has 0 bridgehead atoms. The van der Waals surface area contributed by atoms with Crippen molar-refractivity contribution in [2.45, 2.75) is 32.8 Å². The fourth-order valence-corrected chi connectivity index (χ4v) is 2.50. The van der Waals surface area contributed by atoms with Gasteiger partial charge in [-0.05, 0) is 25.0 Å². The summed E-state index contributed by atoms with van der Waals surface area (Å²) in [6.07, 6.45) is 0.929. The van der Waals surface area contributed by atoms with Gasteiger partial charge in [0, 0.05) is 13.0 Å². The van der Waals surface area contributed by atoms with Crippen LogP contribution in [-0.4, -0.2) is 31.5 Å². The molecule has 0 aliphatic carbocycles. The van der Waals surface area contributed by atoms with Gasteiger partial charge < -0.3 is 15.0 Å². The van der Waals surface area contributed by atoms with Crippen LogP contribution in [0.15, 0.2) is 24.3 Å². The summed E-state index contributed by atoms with van der Waals surface area (Å²) in [7, 11) is 1.72. The highest BCUT2D eigenvalue weighted by Gasteiger charge is 2.32. The molecule has 0 saturated heterocycles. The molecule has 1 unspecified atom stereocenters. The van der Waals surface area contributed by atoms with Crippen LogP contribution in [0, 0.1) is 5.92 Å². The molecule has 0 spiro atoms. The molecule has 0 aromatic heterocycles. The van der Waals surface area contributed by atoms with Crippen LogP contribution in [-0.2, 0) is 9.59 Å². The van der Waals surface area contributed by atoms with Crippen LogP contribution in [0.2, 0.25) is 0 Å². The van der Waals surface area contributed by atoms with Crippen molar-refractivity contribution in [2.75, 3.05) is 18.5 Å². The lowest BCUT2D eigenvalue weighted by molar-refractivity contribution is -0.128. The van der Waals surface area contributed by atoms with Gasteiger partial charge in [-0.25, -0.2) is 0 Å². The molecule has 114 valence electrons. The molecule has 5 heteroatoms. The molecule has 1 heterocycles. The zero-order valence-electron chi connectivity index (χ0n) is 12.8. The Kier molecular flexibility index (Phi) is 4.83. The van der Waals surface area contributed by atoms with Gasteiger partial charge in [0.2, 0.25) is 5.91 Å². The maximum absolute atomic E-state index is 12.3. The number of rotatable bonds is 5. The van der Waals surface area contributed by atoms with Gasteiger partial charge in [0.15, 0.2) is 6.10 Å². The number of carbonyl (C=O) groups excluding carboxylic acids is 2. The Morgan fingerprint density at radius 3 is 2.67 bits per heavy atom. The topological polar surface area (TPSA) is 58.6 Å². The van der Waals surface area contributed by atoms with E-state index in [1.807, 2.05) is 38.1 Å². The second-order valence-electron chi connectivity index (χ2n) is 5.23. The minimum absolute atomic E-state index is 0.00583. The minimum Gasteiger partial charge on any atom is -0.477 e. The molecule has 2 amide bonds. The maximum Gasteiger partial charge on any atom is 0.269 e. The average Bonchev–Trinajstić information content (AvgIpc) is 2.50. The normalized spacial score (nSPS) is 17.4. The fourth-order valence-electron chi connectivity index (χ4n) is 2.50. The third-order valence-corrected chi connectivity index (χ3v) is 3.92. The molecule has 5 nitrogen and oxygen atoms in total. The first-order chi connectivity index (χ1) is 10.1. The number of hydrogen-bond donors (Lipinski definition) is 1. The number of amides is 2. The lowest BCUT2D eigenvalue weighted by Gasteiger charge is -2.32. The number of hydrogen-bond acceptors (Lipinski definition) is 3.